The number of thiophene rings is 1. The van der Waals surface area contributed by atoms with Gasteiger partial charge in [0.05, 0.1) is 12.7 Å². The zero-order chi connectivity index (χ0) is 15.0. The number of esters is 1. The van der Waals surface area contributed by atoms with Gasteiger partial charge in [-0.25, -0.2) is 4.79 Å². The molecule has 0 saturated heterocycles. The second-order valence-electron chi connectivity index (χ2n) is 4.74. The van der Waals surface area contributed by atoms with Gasteiger partial charge in [-0.1, -0.05) is 0 Å². The highest BCUT2D eigenvalue weighted by molar-refractivity contribution is 9.10. The van der Waals surface area contributed by atoms with Crippen LogP contribution in [0.15, 0.2) is 16.7 Å². The van der Waals surface area contributed by atoms with Crippen LogP contribution in [0.1, 0.15) is 37.7 Å². The fourth-order valence-electron chi connectivity index (χ4n) is 2.48. The van der Waals surface area contributed by atoms with Crippen LogP contribution in [0, 0.1) is 0 Å². The molecule has 0 saturated carbocycles. The van der Waals surface area contributed by atoms with Crippen LogP contribution in [0.5, 0.6) is 0 Å². The second kappa shape index (κ2) is 5.65. The summed E-state index contributed by atoms with van der Waals surface area (Å²) in [5.41, 5.74) is 1.97. The first-order valence-corrected chi connectivity index (χ1v) is 8.09. The number of hydrogen-bond acceptors (Lipinski definition) is 4. The van der Waals surface area contributed by atoms with Crippen molar-refractivity contribution in [3.05, 3.63) is 38.4 Å². The zero-order valence-corrected chi connectivity index (χ0v) is 13.7. The van der Waals surface area contributed by atoms with E-state index in [2.05, 4.69) is 26.2 Å². The number of aromatic nitrogens is 1. The maximum absolute atomic E-state index is 12.2. The molecule has 2 aromatic rings. The Balaban J connectivity index is 1.92. The number of nitrogens with one attached hydrogen (secondary N) is 2. The summed E-state index contributed by atoms with van der Waals surface area (Å²) in [7, 11) is 1.36. The number of carbonyl (C=O) groups excluding carboxylic acids is 2. The Morgan fingerprint density at radius 1 is 1.43 bits per heavy atom. The minimum atomic E-state index is -0.391. The SMILES string of the molecule is COC(=O)c1c(NC(=O)c2cc(Br)c[nH]2)sc2c1CCC2. The molecule has 2 N–H and O–H groups in total. The molecule has 1 aliphatic rings. The predicted molar refractivity (Wildman–Crippen MR) is 84.1 cm³/mol. The monoisotopic (exact) mass is 368 g/mol. The average molecular weight is 369 g/mol. The summed E-state index contributed by atoms with van der Waals surface area (Å²) in [6.07, 6.45) is 4.54. The van der Waals surface area contributed by atoms with Gasteiger partial charge in [-0.15, -0.1) is 11.3 Å². The summed E-state index contributed by atoms with van der Waals surface area (Å²) >= 11 is 4.75. The van der Waals surface area contributed by atoms with E-state index in [1.54, 1.807) is 12.3 Å². The van der Waals surface area contributed by atoms with Gasteiger partial charge in [-0.2, -0.15) is 0 Å². The lowest BCUT2D eigenvalue weighted by Gasteiger charge is -2.06. The molecule has 7 heteroatoms. The number of H-pyrrole nitrogens is 1. The van der Waals surface area contributed by atoms with E-state index in [1.807, 2.05) is 0 Å². The van der Waals surface area contributed by atoms with Crippen LogP contribution in [-0.4, -0.2) is 24.0 Å². The van der Waals surface area contributed by atoms with Crippen molar-refractivity contribution in [2.75, 3.05) is 12.4 Å². The van der Waals surface area contributed by atoms with E-state index in [-0.39, 0.29) is 5.91 Å². The number of aromatic amines is 1. The number of fused-ring (bicyclic) bond motifs is 1. The fourth-order valence-corrected chi connectivity index (χ4v) is 4.10. The van der Waals surface area contributed by atoms with E-state index in [0.29, 0.717) is 16.3 Å². The third-order valence-corrected chi connectivity index (χ3v) is 5.10. The molecule has 0 aromatic carbocycles. The summed E-state index contributed by atoms with van der Waals surface area (Å²) in [6, 6.07) is 1.69. The highest BCUT2D eigenvalue weighted by Gasteiger charge is 2.28. The molecule has 21 heavy (non-hydrogen) atoms. The van der Waals surface area contributed by atoms with Crippen LogP contribution in [-0.2, 0) is 17.6 Å². The van der Waals surface area contributed by atoms with Crippen LogP contribution in [0.25, 0.3) is 0 Å². The van der Waals surface area contributed by atoms with Crippen molar-refractivity contribution in [3.63, 3.8) is 0 Å². The number of amides is 1. The maximum Gasteiger partial charge on any atom is 0.341 e. The van der Waals surface area contributed by atoms with Crippen molar-refractivity contribution in [1.29, 1.82) is 0 Å². The first-order valence-electron chi connectivity index (χ1n) is 6.48. The van der Waals surface area contributed by atoms with Gasteiger partial charge in [0.15, 0.2) is 0 Å². The lowest BCUT2D eigenvalue weighted by molar-refractivity contribution is 0.0601. The van der Waals surface area contributed by atoms with Crippen molar-refractivity contribution in [3.8, 4) is 0 Å². The highest BCUT2D eigenvalue weighted by atomic mass is 79.9. The van der Waals surface area contributed by atoms with E-state index in [4.69, 9.17) is 4.74 Å². The molecular weight excluding hydrogens is 356 g/mol. The molecule has 0 unspecified atom stereocenters. The number of ether oxygens (including phenoxy) is 1. The molecule has 0 aliphatic heterocycles. The summed E-state index contributed by atoms with van der Waals surface area (Å²) in [5.74, 6) is -0.664. The largest absolute Gasteiger partial charge is 0.465 e. The van der Waals surface area contributed by atoms with Gasteiger partial charge in [-0.05, 0) is 46.8 Å². The van der Waals surface area contributed by atoms with Gasteiger partial charge in [0, 0.05) is 15.5 Å². The van der Waals surface area contributed by atoms with Crippen molar-refractivity contribution in [1.82, 2.24) is 4.98 Å². The van der Waals surface area contributed by atoms with Crippen LogP contribution in [0.2, 0.25) is 0 Å². The smallest absolute Gasteiger partial charge is 0.341 e. The number of halogens is 1. The Morgan fingerprint density at radius 3 is 2.90 bits per heavy atom. The quantitative estimate of drug-likeness (QED) is 0.815. The van der Waals surface area contributed by atoms with Crippen LogP contribution in [0.4, 0.5) is 5.00 Å². The molecule has 2 aromatic heterocycles. The lowest BCUT2D eigenvalue weighted by atomic mass is 10.1. The molecule has 0 spiro atoms. The topological polar surface area (TPSA) is 71.2 Å². The van der Waals surface area contributed by atoms with Crippen molar-refractivity contribution < 1.29 is 14.3 Å². The maximum atomic E-state index is 12.2. The fraction of sp³-hybridized carbons (Fsp3) is 0.286. The van der Waals surface area contributed by atoms with E-state index in [1.165, 1.54) is 23.3 Å². The van der Waals surface area contributed by atoms with Gasteiger partial charge in [0.2, 0.25) is 0 Å². The van der Waals surface area contributed by atoms with Crippen LogP contribution >= 0.6 is 27.3 Å². The summed E-state index contributed by atoms with van der Waals surface area (Å²) in [6.45, 7) is 0. The summed E-state index contributed by atoms with van der Waals surface area (Å²) < 4.78 is 5.65. The Kier molecular flexibility index (Phi) is 3.86. The number of aryl methyl sites for hydroxylation is 1. The number of hydrogen-bond donors (Lipinski definition) is 2. The van der Waals surface area contributed by atoms with E-state index in [0.717, 1.165) is 29.3 Å². The van der Waals surface area contributed by atoms with E-state index in [9.17, 15) is 9.59 Å². The number of rotatable bonds is 3. The van der Waals surface area contributed by atoms with Crippen molar-refractivity contribution in [2.24, 2.45) is 0 Å². The van der Waals surface area contributed by atoms with E-state index >= 15 is 0 Å². The van der Waals surface area contributed by atoms with Gasteiger partial charge >= 0.3 is 5.97 Å². The Hall–Kier alpha value is -1.60. The van der Waals surface area contributed by atoms with Crippen molar-refractivity contribution in [2.45, 2.75) is 19.3 Å². The molecule has 0 radical (unpaired) electrons. The summed E-state index contributed by atoms with van der Waals surface area (Å²) in [5, 5.41) is 3.38. The third kappa shape index (κ3) is 2.63. The zero-order valence-electron chi connectivity index (χ0n) is 11.3. The van der Waals surface area contributed by atoms with Gasteiger partial charge in [0.1, 0.15) is 10.7 Å². The average Bonchev–Trinajstić information content (AvgIpc) is 3.13. The first kappa shape index (κ1) is 14.3. The Morgan fingerprint density at radius 2 is 2.24 bits per heavy atom. The first-order chi connectivity index (χ1) is 10.1. The molecule has 1 aliphatic carbocycles. The molecule has 0 bridgehead atoms. The molecule has 5 nitrogen and oxygen atoms in total. The molecule has 0 atom stereocenters. The molecular formula is C14H13BrN2O3S. The van der Waals surface area contributed by atoms with Crippen LogP contribution < -0.4 is 5.32 Å². The van der Waals surface area contributed by atoms with Gasteiger partial charge in [0.25, 0.3) is 5.91 Å². The highest BCUT2D eigenvalue weighted by Crippen LogP contribution is 2.39. The van der Waals surface area contributed by atoms with Gasteiger partial charge < -0.3 is 15.0 Å². The molecule has 2 heterocycles. The third-order valence-electron chi connectivity index (χ3n) is 3.43. The van der Waals surface area contributed by atoms with Crippen molar-refractivity contribution >= 4 is 44.1 Å². The van der Waals surface area contributed by atoms with E-state index < -0.39 is 5.97 Å². The lowest BCUT2D eigenvalue weighted by Crippen LogP contribution is -2.14. The number of carbonyl (C=O) groups is 2. The number of methoxy groups -OCH3 is 1. The molecule has 3 rings (SSSR count). The Labute approximate surface area is 133 Å². The predicted octanol–water partition coefficient (Wildman–Crippen LogP) is 3.37. The van der Waals surface area contributed by atoms with Crippen LogP contribution in [0.3, 0.4) is 0 Å². The minimum Gasteiger partial charge on any atom is -0.465 e. The van der Waals surface area contributed by atoms with Gasteiger partial charge in [-0.3, -0.25) is 4.79 Å². The Bertz CT molecular complexity index is 720. The minimum absolute atomic E-state index is 0.272. The standard InChI is InChI=1S/C14H13BrN2O3S/c1-20-14(19)11-8-3-2-4-10(8)21-13(11)17-12(18)9-5-7(15)6-16-9/h5-6,16H,2-4H2,1H3,(H,17,18). The molecule has 0 fully saturated rings. The molecule has 1 amide bonds. The normalized spacial score (nSPS) is 13.0. The molecule has 110 valence electrons. The number of anilines is 1. The summed E-state index contributed by atoms with van der Waals surface area (Å²) in [4.78, 5) is 28.2. The second-order valence-corrected chi connectivity index (χ2v) is 6.76.